The Bertz CT molecular complexity index is 1160. The van der Waals surface area contributed by atoms with Crippen LogP contribution in [-0.4, -0.2) is 56.4 Å². The van der Waals surface area contributed by atoms with Gasteiger partial charge < -0.3 is 10.1 Å². The van der Waals surface area contributed by atoms with Gasteiger partial charge in [-0.05, 0) is 38.6 Å². The molecule has 9 heteroatoms. The number of nitrogens with one attached hydrogen (secondary N) is 1. The second-order valence-corrected chi connectivity index (χ2v) is 8.10. The summed E-state index contributed by atoms with van der Waals surface area (Å²) >= 11 is 0. The minimum atomic E-state index is -0.223. The molecule has 3 aromatic heterocycles. The number of anilines is 1. The normalized spacial score (nSPS) is 23.0. The molecule has 5 rings (SSSR count). The van der Waals surface area contributed by atoms with E-state index < -0.39 is 0 Å². The lowest BCUT2D eigenvalue weighted by Gasteiger charge is -2.37. The summed E-state index contributed by atoms with van der Waals surface area (Å²) in [5, 5.41) is 20.5. The number of ether oxygens (including phenoxy) is 1. The number of aromatic nitrogens is 4. The van der Waals surface area contributed by atoms with Crippen molar-refractivity contribution in [1.29, 1.82) is 5.26 Å². The Hall–Kier alpha value is -3.38. The van der Waals surface area contributed by atoms with Crippen molar-refractivity contribution in [1.82, 2.24) is 24.3 Å². The first kappa shape index (κ1) is 18.6. The number of fused-ring (bicyclic) bond motifs is 1. The van der Waals surface area contributed by atoms with Gasteiger partial charge in [-0.1, -0.05) is 0 Å². The molecule has 3 unspecified atom stereocenters. The van der Waals surface area contributed by atoms with Crippen molar-refractivity contribution in [2.45, 2.75) is 18.9 Å². The summed E-state index contributed by atoms with van der Waals surface area (Å²) in [5.41, 5.74) is 2.71. The average Bonchev–Trinajstić information content (AvgIpc) is 3.29. The van der Waals surface area contributed by atoms with E-state index >= 15 is 0 Å². The first-order valence-corrected chi connectivity index (χ1v) is 10.1. The van der Waals surface area contributed by atoms with E-state index in [9.17, 15) is 4.79 Å². The third kappa shape index (κ3) is 3.29. The fraction of sp³-hybridized carbons (Fsp3) is 0.429. The standard InChI is InChI=1S/C21H23N7O2/c1-26-5-4-15(26)12-30-18-11-23-27(2)20(18)13-3-6-28-16(7-13)9-19(25-28)24-21(29)17-8-14(17)10-22/h3,6-7,9,11,14-15,17H,4-5,8,12H2,1-2H3,(H,24,25,29). The number of carbonyl (C=O) groups excluding carboxylic acids is 1. The summed E-state index contributed by atoms with van der Waals surface area (Å²) < 4.78 is 9.60. The molecule has 0 aromatic carbocycles. The molecule has 1 N–H and O–H groups in total. The first-order chi connectivity index (χ1) is 14.5. The number of likely N-dealkylation sites (N-methyl/N-ethyl adjacent to an activating group) is 1. The molecule has 3 atom stereocenters. The molecule has 1 aliphatic carbocycles. The molecule has 4 heterocycles. The van der Waals surface area contributed by atoms with Gasteiger partial charge >= 0.3 is 0 Å². The van der Waals surface area contributed by atoms with Crippen LogP contribution in [0.4, 0.5) is 5.82 Å². The number of nitriles is 1. The van der Waals surface area contributed by atoms with E-state index in [-0.39, 0.29) is 17.7 Å². The highest BCUT2D eigenvalue weighted by atomic mass is 16.5. The molecular weight excluding hydrogens is 382 g/mol. The second kappa shape index (κ2) is 7.15. The van der Waals surface area contributed by atoms with Crippen molar-refractivity contribution in [3.63, 3.8) is 0 Å². The summed E-state index contributed by atoms with van der Waals surface area (Å²) in [6.07, 6.45) is 5.38. The van der Waals surface area contributed by atoms with E-state index in [0.717, 1.165) is 35.5 Å². The summed E-state index contributed by atoms with van der Waals surface area (Å²) in [5.74, 6) is 0.700. The number of rotatable bonds is 6. The predicted molar refractivity (Wildman–Crippen MR) is 110 cm³/mol. The minimum absolute atomic E-state index is 0.145. The Morgan fingerprint density at radius 2 is 2.27 bits per heavy atom. The van der Waals surface area contributed by atoms with E-state index in [1.165, 1.54) is 0 Å². The van der Waals surface area contributed by atoms with Crippen LogP contribution in [-0.2, 0) is 11.8 Å². The zero-order chi connectivity index (χ0) is 20.8. The Labute approximate surface area is 173 Å². The van der Waals surface area contributed by atoms with Gasteiger partial charge in [-0.25, -0.2) is 4.52 Å². The molecular formula is C21H23N7O2. The van der Waals surface area contributed by atoms with Crippen LogP contribution < -0.4 is 10.1 Å². The maximum Gasteiger partial charge on any atom is 0.230 e. The molecule has 3 aromatic rings. The maximum atomic E-state index is 12.2. The number of amides is 1. The summed E-state index contributed by atoms with van der Waals surface area (Å²) in [6.45, 7) is 1.76. The SMILES string of the molecule is CN1CCC1COc1cnn(C)c1-c1ccn2nc(NC(=O)C3CC3C#N)cc2c1. The number of pyridine rings is 1. The molecule has 0 spiro atoms. The highest BCUT2D eigenvalue weighted by Crippen LogP contribution is 2.38. The van der Waals surface area contributed by atoms with Crippen molar-refractivity contribution in [2.24, 2.45) is 18.9 Å². The number of hydrogen-bond donors (Lipinski definition) is 1. The highest BCUT2D eigenvalue weighted by Gasteiger charge is 2.43. The largest absolute Gasteiger partial charge is 0.488 e. The number of likely N-dealkylation sites (tertiary alicyclic amines) is 1. The molecule has 1 amide bonds. The summed E-state index contributed by atoms with van der Waals surface area (Å²) in [7, 11) is 4.00. The molecule has 2 aliphatic rings. The molecule has 30 heavy (non-hydrogen) atoms. The monoisotopic (exact) mass is 405 g/mol. The zero-order valence-electron chi connectivity index (χ0n) is 16.9. The third-order valence-electron chi connectivity index (χ3n) is 6.06. The van der Waals surface area contributed by atoms with Gasteiger partial charge in [0.2, 0.25) is 5.91 Å². The number of carbonyl (C=O) groups is 1. The van der Waals surface area contributed by atoms with Crippen LogP contribution in [0.15, 0.2) is 30.6 Å². The van der Waals surface area contributed by atoms with Crippen molar-refractivity contribution in [3.05, 3.63) is 30.6 Å². The predicted octanol–water partition coefficient (Wildman–Crippen LogP) is 1.92. The lowest BCUT2D eigenvalue weighted by Crippen LogP contribution is -2.48. The summed E-state index contributed by atoms with van der Waals surface area (Å²) in [4.78, 5) is 14.5. The number of hydrogen-bond acceptors (Lipinski definition) is 6. The quantitative estimate of drug-likeness (QED) is 0.672. The van der Waals surface area contributed by atoms with Crippen LogP contribution in [0.2, 0.25) is 0 Å². The molecule has 1 saturated heterocycles. The van der Waals surface area contributed by atoms with Crippen LogP contribution in [0.5, 0.6) is 5.75 Å². The Morgan fingerprint density at radius 1 is 1.40 bits per heavy atom. The van der Waals surface area contributed by atoms with E-state index in [4.69, 9.17) is 10.00 Å². The van der Waals surface area contributed by atoms with Crippen LogP contribution in [0.1, 0.15) is 12.8 Å². The first-order valence-electron chi connectivity index (χ1n) is 10.1. The lowest BCUT2D eigenvalue weighted by atomic mass is 10.1. The molecule has 9 nitrogen and oxygen atoms in total. The van der Waals surface area contributed by atoms with Crippen LogP contribution in [0.25, 0.3) is 16.8 Å². The Balaban J connectivity index is 1.36. The van der Waals surface area contributed by atoms with Crippen molar-refractivity contribution < 1.29 is 9.53 Å². The maximum absolute atomic E-state index is 12.2. The highest BCUT2D eigenvalue weighted by molar-refractivity contribution is 5.94. The van der Waals surface area contributed by atoms with Gasteiger partial charge in [-0.2, -0.15) is 15.5 Å². The Kier molecular flexibility index (Phi) is 4.44. The topological polar surface area (TPSA) is 100 Å². The molecule has 0 bridgehead atoms. The van der Waals surface area contributed by atoms with E-state index in [0.29, 0.717) is 24.9 Å². The minimum Gasteiger partial charge on any atom is -0.488 e. The van der Waals surface area contributed by atoms with Gasteiger partial charge in [0.05, 0.1) is 29.6 Å². The fourth-order valence-electron chi connectivity index (χ4n) is 3.87. The number of nitrogens with zero attached hydrogens (tertiary/aromatic N) is 6. The van der Waals surface area contributed by atoms with Gasteiger partial charge in [0.25, 0.3) is 0 Å². The molecule has 1 aliphatic heterocycles. The van der Waals surface area contributed by atoms with Gasteiger partial charge in [-0.15, -0.1) is 0 Å². The van der Waals surface area contributed by atoms with Gasteiger partial charge in [0.15, 0.2) is 11.6 Å². The van der Waals surface area contributed by atoms with Crippen molar-refractivity contribution in [2.75, 3.05) is 25.5 Å². The molecule has 2 fully saturated rings. The zero-order valence-corrected chi connectivity index (χ0v) is 16.9. The van der Waals surface area contributed by atoms with Crippen LogP contribution >= 0.6 is 0 Å². The van der Waals surface area contributed by atoms with Gasteiger partial charge in [0.1, 0.15) is 12.3 Å². The van der Waals surface area contributed by atoms with Gasteiger partial charge in [0, 0.05) is 30.9 Å². The third-order valence-corrected chi connectivity index (χ3v) is 6.06. The molecule has 0 radical (unpaired) electrons. The smallest absolute Gasteiger partial charge is 0.230 e. The molecule has 154 valence electrons. The second-order valence-electron chi connectivity index (χ2n) is 8.10. The lowest BCUT2D eigenvalue weighted by molar-refractivity contribution is -0.117. The number of aryl methyl sites for hydroxylation is 1. The van der Waals surface area contributed by atoms with E-state index in [1.807, 2.05) is 31.4 Å². The van der Waals surface area contributed by atoms with Crippen molar-refractivity contribution in [3.8, 4) is 23.1 Å². The Morgan fingerprint density at radius 3 is 2.97 bits per heavy atom. The van der Waals surface area contributed by atoms with Crippen LogP contribution in [0, 0.1) is 23.2 Å². The summed E-state index contributed by atoms with van der Waals surface area (Å²) in [6, 6.07) is 8.36. The van der Waals surface area contributed by atoms with Gasteiger partial charge in [-0.3, -0.25) is 14.4 Å². The average molecular weight is 405 g/mol. The van der Waals surface area contributed by atoms with E-state index in [1.54, 1.807) is 15.4 Å². The van der Waals surface area contributed by atoms with Crippen LogP contribution in [0.3, 0.4) is 0 Å². The van der Waals surface area contributed by atoms with E-state index in [2.05, 4.69) is 33.5 Å². The fourth-order valence-corrected chi connectivity index (χ4v) is 3.87. The molecule has 1 saturated carbocycles. The van der Waals surface area contributed by atoms with Crippen molar-refractivity contribution >= 4 is 17.2 Å².